The Labute approximate surface area is 101 Å². The van der Waals surface area contributed by atoms with E-state index in [1.54, 1.807) is 6.20 Å². The van der Waals surface area contributed by atoms with Crippen molar-refractivity contribution in [1.82, 2.24) is 10.2 Å². The van der Waals surface area contributed by atoms with E-state index in [1.165, 1.54) is 0 Å². The monoisotopic (exact) mass is 236 g/mol. The Hall–Kier alpha value is -1.36. The number of nitrogens with zero attached hydrogens (tertiary/aromatic N) is 1. The zero-order valence-corrected chi connectivity index (χ0v) is 10.2. The van der Waals surface area contributed by atoms with Crippen LogP contribution in [-0.4, -0.2) is 22.1 Å². The van der Waals surface area contributed by atoms with Gasteiger partial charge >= 0.3 is 0 Å². The molecule has 1 fully saturated rings. The molecule has 0 spiro atoms. The largest absolute Gasteiger partial charge is 0.328 e. The van der Waals surface area contributed by atoms with Gasteiger partial charge in [0, 0.05) is 17.5 Å². The third kappa shape index (κ3) is 2.85. The fraction of sp³-hybridized carbons (Fsp3) is 0.667. The number of hydrogen-bond donors (Lipinski definition) is 3. The van der Waals surface area contributed by atoms with Crippen molar-refractivity contribution in [3.05, 3.63) is 11.8 Å². The molecule has 1 aromatic rings. The fourth-order valence-corrected chi connectivity index (χ4v) is 2.38. The summed E-state index contributed by atoms with van der Waals surface area (Å²) in [4.78, 5) is 12.1. The number of aromatic amines is 1. The van der Waals surface area contributed by atoms with Crippen LogP contribution in [0.2, 0.25) is 0 Å². The predicted octanol–water partition coefficient (Wildman–Crippen LogP) is 1.43. The van der Waals surface area contributed by atoms with E-state index in [0.29, 0.717) is 0 Å². The van der Waals surface area contributed by atoms with Gasteiger partial charge in [-0.25, -0.2) is 0 Å². The van der Waals surface area contributed by atoms with Crippen molar-refractivity contribution in [2.24, 2.45) is 11.7 Å². The Balaban J connectivity index is 1.96. The van der Waals surface area contributed by atoms with Crippen molar-refractivity contribution in [3.63, 3.8) is 0 Å². The number of carbonyl (C=O) groups excluding carboxylic acids is 1. The van der Waals surface area contributed by atoms with E-state index in [-0.39, 0.29) is 17.9 Å². The molecule has 2 rings (SSSR count). The molecule has 0 radical (unpaired) electrons. The summed E-state index contributed by atoms with van der Waals surface area (Å²) in [6, 6.07) is 0.173. The molecule has 0 aromatic carbocycles. The van der Waals surface area contributed by atoms with Gasteiger partial charge in [-0.1, -0.05) is 13.3 Å². The van der Waals surface area contributed by atoms with Gasteiger partial charge in [-0.15, -0.1) is 0 Å². The number of aryl methyl sites for hydroxylation is 1. The first kappa shape index (κ1) is 12.1. The first-order chi connectivity index (χ1) is 8.20. The third-order valence-electron chi connectivity index (χ3n) is 3.43. The van der Waals surface area contributed by atoms with Gasteiger partial charge in [0.15, 0.2) is 0 Å². The van der Waals surface area contributed by atoms with Crippen LogP contribution in [0.1, 0.15) is 38.2 Å². The smallest absolute Gasteiger partial charge is 0.228 e. The second-order valence-corrected chi connectivity index (χ2v) is 4.74. The Bertz CT molecular complexity index is 388. The Morgan fingerprint density at radius 2 is 2.47 bits per heavy atom. The molecule has 1 heterocycles. The van der Waals surface area contributed by atoms with E-state index in [1.807, 2.05) is 6.92 Å². The average Bonchev–Trinajstić information content (AvgIpc) is 2.76. The normalized spacial score (nSPS) is 24.6. The van der Waals surface area contributed by atoms with Gasteiger partial charge in [0.2, 0.25) is 5.91 Å². The molecular weight excluding hydrogens is 216 g/mol. The lowest BCUT2D eigenvalue weighted by atomic mass is 9.85. The van der Waals surface area contributed by atoms with E-state index in [4.69, 9.17) is 5.73 Å². The first-order valence-corrected chi connectivity index (χ1v) is 6.29. The summed E-state index contributed by atoms with van der Waals surface area (Å²) in [5.74, 6) is 0.850. The summed E-state index contributed by atoms with van der Waals surface area (Å²) in [6.45, 7) is 2.04. The lowest BCUT2D eigenvalue weighted by molar-refractivity contribution is -0.120. The molecule has 1 aromatic heterocycles. The average molecular weight is 236 g/mol. The molecule has 94 valence electrons. The maximum absolute atomic E-state index is 12.1. The van der Waals surface area contributed by atoms with Gasteiger partial charge in [0.1, 0.15) is 5.82 Å². The van der Waals surface area contributed by atoms with E-state index in [2.05, 4.69) is 15.5 Å². The molecule has 4 N–H and O–H groups in total. The molecular formula is C12H20N4O. The predicted molar refractivity (Wildman–Crippen MR) is 66.5 cm³/mol. The number of nitrogens with two attached hydrogens (primary N) is 1. The molecule has 1 amide bonds. The third-order valence-corrected chi connectivity index (χ3v) is 3.43. The highest BCUT2D eigenvalue weighted by molar-refractivity contribution is 5.92. The van der Waals surface area contributed by atoms with Crippen LogP contribution in [0.25, 0.3) is 0 Å². The van der Waals surface area contributed by atoms with Crippen molar-refractivity contribution in [1.29, 1.82) is 0 Å². The molecule has 0 aliphatic heterocycles. The molecule has 0 saturated heterocycles. The Morgan fingerprint density at radius 1 is 1.65 bits per heavy atom. The SMILES string of the molecule is CCc1cn[nH]c1NC(=O)C1CCCC(N)C1. The summed E-state index contributed by atoms with van der Waals surface area (Å²) in [5, 5.41) is 9.69. The van der Waals surface area contributed by atoms with Crippen molar-refractivity contribution in [2.45, 2.75) is 45.1 Å². The quantitative estimate of drug-likeness (QED) is 0.742. The highest BCUT2D eigenvalue weighted by atomic mass is 16.2. The standard InChI is InChI=1S/C12H20N4O/c1-2-8-7-14-16-11(8)15-12(17)9-4-3-5-10(13)6-9/h7,9-10H,2-6,13H2,1H3,(H2,14,15,16,17). The van der Waals surface area contributed by atoms with Crippen LogP contribution in [0.5, 0.6) is 0 Å². The first-order valence-electron chi connectivity index (χ1n) is 6.29. The summed E-state index contributed by atoms with van der Waals surface area (Å²) in [7, 11) is 0. The lowest BCUT2D eigenvalue weighted by Crippen LogP contribution is -2.34. The van der Waals surface area contributed by atoms with Gasteiger partial charge in [0.05, 0.1) is 6.20 Å². The topological polar surface area (TPSA) is 83.8 Å². The maximum atomic E-state index is 12.1. The lowest BCUT2D eigenvalue weighted by Gasteiger charge is -2.25. The van der Waals surface area contributed by atoms with Crippen molar-refractivity contribution < 1.29 is 4.79 Å². The van der Waals surface area contributed by atoms with Crippen LogP contribution in [-0.2, 0) is 11.2 Å². The number of H-pyrrole nitrogens is 1. The van der Waals surface area contributed by atoms with Crippen molar-refractivity contribution >= 4 is 11.7 Å². The number of amides is 1. The molecule has 17 heavy (non-hydrogen) atoms. The van der Waals surface area contributed by atoms with Crippen LogP contribution >= 0.6 is 0 Å². The van der Waals surface area contributed by atoms with Gasteiger partial charge in [-0.3, -0.25) is 9.89 Å². The molecule has 2 atom stereocenters. The fourth-order valence-electron chi connectivity index (χ4n) is 2.38. The van der Waals surface area contributed by atoms with Gasteiger partial charge in [0.25, 0.3) is 0 Å². The van der Waals surface area contributed by atoms with Crippen LogP contribution < -0.4 is 11.1 Å². The Morgan fingerprint density at radius 3 is 3.18 bits per heavy atom. The molecule has 1 aliphatic carbocycles. The minimum absolute atomic E-state index is 0.0479. The zero-order chi connectivity index (χ0) is 12.3. The summed E-state index contributed by atoms with van der Waals surface area (Å²) >= 11 is 0. The number of nitrogens with one attached hydrogen (secondary N) is 2. The van der Waals surface area contributed by atoms with Gasteiger partial charge in [-0.2, -0.15) is 5.10 Å². The second-order valence-electron chi connectivity index (χ2n) is 4.74. The van der Waals surface area contributed by atoms with Crippen molar-refractivity contribution in [3.8, 4) is 0 Å². The highest BCUT2D eigenvalue weighted by Crippen LogP contribution is 2.24. The molecule has 1 saturated carbocycles. The number of rotatable bonds is 3. The number of carbonyl (C=O) groups is 1. The van der Waals surface area contributed by atoms with E-state index in [9.17, 15) is 4.79 Å². The minimum Gasteiger partial charge on any atom is -0.328 e. The van der Waals surface area contributed by atoms with Gasteiger partial charge < -0.3 is 11.1 Å². The molecule has 2 unspecified atom stereocenters. The number of aromatic nitrogens is 2. The van der Waals surface area contributed by atoms with Crippen molar-refractivity contribution in [2.75, 3.05) is 5.32 Å². The molecule has 1 aliphatic rings. The van der Waals surface area contributed by atoms with Crippen LogP contribution in [0.15, 0.2) is 6.20 Å². The molecule has 5 heteroatoms. The molecule has 5 nitrogen and oxygen atoms in total. The summed E-state index contributed by atoms with van der Waals surface area (Å²) < 4.78 is 0. The molecule has 0 bridgehead atoms. The van der Waals surface area contributed by atoms with Crippen LogP contribution in [0.4, 0.5) is 5.82 Å². The number of hydrogen-bond acceptors (Lipinski definition) is 3. The zero-order valence-electron chi connectivity index (χ0n) is 10.2. The minimum atomic E-state index is 0.0479. The highest BCUT2D eigenvalue weighted by Gasteiger charge is 2.25. The second kappa shape index (κ2) is 5.31. The van der Waals surface area contributed by atoms with E-state index in [0.717, 1.165) is 43.5 Å². The van der Waals surface area contributed by atoms with Gasteiger partial charge in [-0.05, 0) is 25.7 Å². The van der Waals surface area contributed by atoms with E-state index < -0.39 is 0 Å². The van der Waals surface area contributed by atoms with Crippen LogP contribution in [0.3, 0.4) is 0 Å². The van der Waals surface area contributed by atoms with Crippen LogP contribution in [0, 0.1) is 5.92 Å². The maximum Gasteiger partial charge on any atom is 0.228 e. The summed E-state index contributed by atoms with van der Waals surface area (Å²) in [5.41, 5.74) is 6.93. The number of anilines is 1. The van der Waals surface area contributed by atoms with E-state index >= 15 is 0 Å². The Kier molecular flexibility index (Phi) is 3.78. The summed E-state index contributed by atoms with van der Waals surface area (Å²) in [6.07, 6.45) is 6.42.